The first-order valence-corrected chi connectivity index (χ1v) is 17.0. The summed E-state index contributed by atoms with van der Waals surface area (Å²) in [6.45, 7) is 1.32. The van der Waals surface area contributed by atoms with Gasteiger partial charge in [-0.15, -0.1) is 10.0 Å². The Balaban J connectivity index is 3.09. The van der Waals surface area contributed by atoms with Gasteiger partial charge in [-0.1, -0.05) is 54.1 Å². The molecule has 19 heteroatoms. The quantitative estimate of drug-likeness (QED) is 0.257. The van der Waals surface area contributed by atoms with Crippen molar-refractivity contribution in [2.75, 3.05) is 0 Å². The zero-order chi connectivity index (χ0) is 32.2. The second-order valence-electron chi connectivity index (χ2n) is 8.40. The molecule has 0 N–H and O–H groups in total. The van der Waals surface area contributed by atoms with Crippen LogP contribution in [0.15, 0.2) is 99.6 Å². The number of sulfone groups is 3. The molecule has 0 fully saturated rings. The summed E-state index contributed by atoms with van der Waals surface area (Å²) in [5.41, 5.74) is -21.7. The monoisotopic (exact) mass is 688 g/mol. The molecule has 0 aromatic heterocycles. The average Bonchev–Trinajstić information content (AvgIpc) is 2.86. The van der Waals surface area contributed by atoms with Crippen molar-refractivity contribution >= 4 is 39.5 Å². The highest BCUT2D eigenvalue weighted by atomic mass is 32.4. The summed E-state index contributed by atoms with van der Waals surface area (Å²) in [4.78, 5) is -3.55. The van der Waals surface area contributed by atoms with E-state index in [1.807, 2.05) is 0 Å². The molecule has 0 saturated heterocycles. The number of rotatable bonds is 7. The fourth-order valence-corrected chi connectivity index (χ4v) is 21.0. The van der Waals surface area contributed by atoms with E-state index in [1.54, 1.807) is 0 Å². The van der Waals surface area contributed by atoms with E-state index in [9.17, 15) is 64.8 Å². The molecule has 0 bridgehead atoms. The molecule has 0 amide bonds. The first-order valence-electron chi connectivity index (χ1n) is 10.9. The van der Waals surface area contributed by atoms with Gasteiger partial charge >= 0.3 is 19.3 Å². The molecular formula is C23H17F9O6S4. The van der Waals surface area contributed by atoms with Gasteiger partial charge in [-0.05, 0) is 43.3 Å². The van der Waals surface area contributed by atoms with E-state index in [2.05, 4.69) is 0 Å². The van der Waals surface area contributed by atoms with Crippen LogP contribution in [0, 0.1) is 6.92 Å². The number of alkyl halides is 9. The third kappa shape index (κ3) is 4.50. The highest BCUT2D eigenvalue weighted by molar-refractivity contribution is 8.55. The van der Waals surface area contributed by atoms with Crippen LogP contribution in [0.1, 0.15) is 5.56 Å². The molecule has 0 aliphatic rings. The smallest absolute Gasteiger partial charge is 0.216 e. The highest BCUT2D eigenvalue weighted by Gasteiger charge is 2.89. The Morgan fingerprint density at radius 1 is 0.429 bits per heavy atom. The van der Waals surface area contributed by atoms with E-state index < -0.39 is 73.5 Å². The van der Waals surface area contributed by atoms with Crippen LogP contribution in [0.2, 0.25) is 0 Å². The molecule has 0 aliphatic heterocycles. The van der Waals surface area contributed by atoms with Crippen LogP contribution in [0.5, 0.6) is 0 Å². The molecular weight excluding hydrogens is 671 g/mol. The van der Waals surface area contributed by atoms with Gasteiger partial charge in [0.15, 0.2) is 0 Å². The molecule has 0 radical (unpaired) electrons. The van der Waals surface area contributed by atoms with E-state index in [-0.39, 0.29) is 5.56 Å². The summed E-state index contributed by atoms with van der Waals surface area (Å²) >= 11 is 0. The van der Waals surface area contributed by atoms with Crippen molar-refractivity contribution in [3.63, 3.8) is 0 Å². The van der Waals surface area contributed by atoms with Crippen molar-refractivity contribution in [3.8, 4) is 0 Å². The topological polar surface area (TPSA) is 102 Å². The molecule has 0 aliphatic carbocycles. The minimum Gasteiger partial charge on any atom is -0.216 e. The van der Waals surface area contributed by atoms with Crippen LogP contribution in [0.4, 0.5) is 39.5 Å². The third-order valence-corrected chi connectivity index (χ3v) is 21.5. The van der Waals surface area contributed by atoms with Crippen LogP contribution in [0.3, 0.4) is 0 Å². The molecule has 6 nitrogen and oxygen atoms in total. The molecule has 42 heavy (non-hydrogen) atoms. The van der Waals surface area contributed by atoms with Crippen molar-refractivity contribution in [2.24, 2.45) is 0 Å². The predicted molar refractivity (Wildman–Crippen MR) is 134 cm³/mol. The Kier molecular flexibility index (Phi) is 8.39. The Labute approximate surface area is 235 Å². The van der Waals surface area contributed by atoms with Crippen LogP contribution in [-0.4, -0.2) is 44.5 Å². The standard InChI is InChI=1S/C23H17F9O6S4/c1-16-12-14-19(15-13-16)39(17-8-4-2-5-9-17,18-10-6-3-7-11-18)23(40(33,34)20(24,25)26,41(35,36)21(27,28)29)42(37,38)22(30,31)32/h2-15H,1H3. The average molecular weight is 689 g/mol. The maximum Gasteiger partial charge on any atom is 0.500 e. The Morgan fingerprint density at radius 3 is 0.952 bits per heavy atom. The fraction of sp³-hybridized carbons (Fsp3) is 0.217. The molecule has 3 aromatic rings. The van der Waals surface area contributed by atoms with Crippen molar-refractivity contribution in [1.82, 2.24) is 0 Å². The molecule has 0 heterocycles. The number of aryl methyl sites for hydroxylation is 1. The van der Waals surface area contributed by atoms with Gasteiger partial charge in [0.2, 0.25) is 0 Å². The second kappa shape index (κ2) is 10.4. The Morgan fingerprint density at radius 2 is 0.690 bits per heavy atom. The summed E-state index contributed by atoms with van der Waals surface area (Å²) in [5.74, 6) is 0. The Bertz CT molecular complexity index is 1620. The Hall–Kier alpha value is -2.77. The summed E-state index contributed by atoms with van der Waals surface area (Å²) in [5, 5.41) is 0. The lowest BCUT2D eigenvalue weighted by Gasteiger charge is -2.52. The van der Waals surface area contributed by atoms with Crippen LogP contribution in [0.25, 0.3) is 0 Å². The summed E-state index contributed by atoms with van der Waals surface area (Å²) in [7, 11) is -31.6. The van der Waals surface area contributed by atoms with E-state index in [0.29, 0.717) is 36.4 Å². The first kappa shape index (κ1) is 33.7. The molecule has 3 aromatic carbocycles. The van der Waals surface area contributed by atoms with Crippen molar-refractivity contribution in [1.29, 1.82) is 0 Å². The SMILES string of the molecule is Cc1ccc(S(c2ccccc2)(c2ccccc2)C(S(=O)(=O)C(F)(F)F)(S(=O)(=O)C(F)(F)F)S(=O)(=O)C(F)(F)F)cc1. The third-order valence-electron chi connectivity index (χ3n) is 5.84. The number of benzene rings is 3. The lowest BCUT2D eigenvalue weighted by Crippen LogP contribution is -2.65. The minimum atomic E-state index is -8.57. The van der Waals surface area contributed by atoms with Crippen molar-refractivity contribution in [2.45, 2.75) is 40.9 Å². The second-order valence-corrected chi connectivity index (χ2v) is 19.4. The lowest BCUT2D eigenvalue weighted by atomic mass is 10.2. The summed E-state index contributed by atoms with van der Waals surface area (Å²) in [6.07, 6.45) is 0. The van der Waals surface area contributed by atoms with Crippen LogP contribution < -0.4 is 0 Å². The zero-order valence-electron chi connectivity index (χ0n) is 20.6. The van der Waals surface area contributed by atoms with E-state index >= 15 is 0 Å². The van der Waals surface area contributed by atoms with Crippen LogP contribution >= 0.6 is 10.0 Å². The summed E-state index contributed by atoms with van der Waals surface area (Å²) in [6, 6.07) is 10.8. The van der Waals surface area contributed by atoms with Crippen LogP contribution in [-0.2, 0) is 29.5 Å². The molecule has 0 unspecified atom stereocenters. The van der Waals surface area contributed by atoms with Gasteiger partial charge < -0.3 is 0 Å². The first-order chi connectivity index (χ1) is 19.0. The molecule has 3 rings (SSSR count). The van der Waals surface area contributed by atoms with Crippen molar-refractivity contribution in [3.05, 3.63) is 90.5 Å². The maximum absolute atomic E-state index is 14.5. The largest absolute Gasteiger partial charge is 0.500 e. The zero-order valence-corrected chi connectivity index (χ0v) is 23.8. The molecule has 232 valence electrons. The lowest BCUT2D eigenvalue weighted by molar-refractivity contribution is -0.0497. The van der Waals surface area contributed by atoms with Gasteiger partial charge in [0, 0.05) is 14.7 Å². The summed E-state index contributed by atoms with van der Waals surface area (Å²) < 4.78 is 204. The van der Waals surface area contributed by atoms with E-state index in [4.69, 9.17) is 0 Å². The highest BCUT2D eigenvalue weighted by Crippen LogP contribution is 2.82. The van der Waals surface area contributed by atoms with E-state index in [0.717, 1.165) is 48.5 Å². The molecule has 0 atom stereocenters. The molecule has 0 spiro atoms. The predicted octanol–water partition coefficient (Wildman–Crippen LogP) is 6.69. The number of hydrogen-bond acceptors (Lipinski definition) is 6. The fourth-order valence-electron chi connectivity index (χ4n) is 4.19. The maximum atomic E-state index is 14.5. The van der Waals surface area contributed by atoms with Crippen molar-refractivity contribution < 1.29 is 64.8 Å². The minimum absolute atomic E-state index is 0.190. The number of halogens is 9. The van der Waals surface area contributed by atoms with Gasteiger partial charge in [0.25, 0.3) is 29.5 Å². The van der Waals surface area contributed by atoms with E-state index in [1.165, 1.54) is 6.92 Å². The molecule has 0 saturated carbocycles. The number of hydrogen-bond donors (Lipinski definition) is 0. The van der Waals surface area contributed by atoms with Gasteiger partial charge in [0.1, 0.15) is 0 Å². The van der Waals surface area contributed by atoms with Gasteiger partial charge in [-0.25, -0.2) is 25.3 Å². The van der Waals surface area contributed by atoms with Gasteiger partial charge in [-0.2, -0.15) is 39.5 Å². The van der Waals surface area contributed by atoms with Gasteiger partial charge in [-0.3, -0.25) is 0 Å². The van der Waals surface area contributed by atoms with Gasteiger partial charge in [0.05, 0.1) is 0 Å². The normalized spacial score (nSPS) is 14.9.